The highest BCUT2D eigenvalue weighted by Gasteiger charge is 2.35. The van der Waals surface area contributed by atoms with Crippen molar-refractivity contribution in [3.8, 4) is 11.5 Å². The van der Waals surface area contributed by atoms with E-state index in [1.165, 1.54) is 18.2 Å². The Kier molecular flexibility index (Phi) is 5.28. The molecule has 1 aromatic carbocycles. The highest BCUT2D eigenvalue weighted by Crippen LogP contribution is 2.36. The first kappa shape index (κ1) is 17.7. The lowest BCUT2D eigenvalue weighted by Gasteiger charge is -2.30. The average molecular weight is 349 g/mol. The second kappa shape index (κ2) is 6.86. The second-order valence-electron chi connectivity index (χ2n) is 5.20. The zero-order chi connectivity index (χ0) is 15.7. The monoisotopic (exact) mass is 348 g/mol. The van der Waals surface area contributed by atoms with Gasteiger partial charge in [0.15, 0.2) is 5.82 Å². The van der Waals surface area contributed by atoms with Crippen LogP contribution in [0.3, 0.4) is 0 Å². The van der Waals surface area contributed by atoms with Crippen molar-refractivity contribution in [3.63, 3.8) is 0 Å². The summed E-state index contributed by atoms with van der Waals surface area (Å²) < 4.78 is 44.2. The van der Waals surface area contributed by atoms with Gasteiger partial charge in [-0.25, -0.2) is 0 Å². The molecule has 1 atom stereocenters. The van der Waals surface area contributed by atoms with Gasteiger partial charge in [-0.2, -0.15) is 18.2 Å². The lowest BCUT2D eigenvalue weighted by Crippen LogP contribution is -2.44. The Hall–Kier alpha value is -1.64. The van der Waals surface area contributed by atoms with Crippen LogP contribution in [0.15, 0.2) is 28.8 Å². The number of piperazine rings is 1. The first-order chi connectivity index (χ1) is 10.5. The van der Waals surface area contributed by atoms with Gasteiger partial charge in [0, 0.05) is 19.6 Å². The summed E-state index contributed by atoms with van der Waals surface area (Å²) in [6, 6.07) is 5.09. The van der Waals surface area contributed by atoms with Gasteiger partial charge in [0.05, 0.1) is 17.2 Å². The number of rotatable bonds is 2. The van der Waals surface area contributed by atoms with Crippen molar-refractivity contribution in [2.45, 2.75) is 12.2 Å². The Labute approximate surface area is 137 Å². The van der Waals surface area contributed by atoms with Gasteiger partial charge in [-0.1, -0.05) is 17.3 Å². The van der Waals surface area contributed by atoms with E-state index in [1.807, 2.05) is 11.9 Å². The molecule has 0 aliphatic carbocycles. The number of aromatic nitrogens is 2. The van der Waals surface area contributed by atoms with Crippen LogP contribution in [0.4, 0.5) is 13.2 Å². The van der Waals surface area contributed by atoms with Crippen molar-refractivity contribution in [3.05, 3.63) is 35.7 Å². The van der Waals surface area contributed by atoms with Crippen LogP contribution in [0.5, 0.6) is 0 Å². The lowest BCUT2D eigenvalue weighted by atomic mass is 10.1. The molecule has 0 spiro atoms. The predicted octanol–water partition coefficient (Wildman–Crippen LogP) is 2.75. The summed E-state index contributed by atoms with van der Waals surface area (Å²) in [5, 5.41) is 7.06. The summed E-state index contributed by atoms with van der Waals surface area (Å²) in [6.45, 7) is 2.30. The molecule has 1 aromatic heterocycles. The molecule has 9 heteroatoms. The van der Waals surface area contributed by atoms with Crippen LogP contribution in [-0.4, -0.2) is 41.7 Å². The summed E-state index contributed by atoms with van der Waals surface area (Å²) in [7, 11) is 1.92. The molecule has 1 fully saturated rings. The third-order valence-electron chi connectivity index (χ3n) is 3.71. The van der Waals surface area contributed by atoms with E-state index in [9.17, 15) is 13.2 Å². The van der Waals surface area contributed by atoms with E-state index in [0.717, 1.165) is 19.2 Å². The molecule has 0 amide bonds. The van der Waals surface area contributed by atoms with E-state index in [0.29, 0.717) is 12.4 Å². The van der Waals surface area contributed by atoms with Gasteiger partial charge in [0.1, 0.15) is 0 Å². The fourth-order valence-electron chi connectivity index (χ4n) is 2.49. The van der Waals surface area contributed by atoms with Crippen molar-refractivity contribution in [2.24, 2.45) is 0 Å². The molecule has 3 rings (SSSR count). The molecule has 1 aliphatic rings. The Morgan fingerprint density at radius 1 is 1.30 bits per heavy atom. The summed E-state index contributed by atoms with van der Waals surface area (Å²) in [4.78, 5) is 6.21. The maximum atomic E-state index is 13.0. The predicted molar refractivity (Wildman–Crippen MR) is 80.2 cm³/mol. The van der Waals surface area contributed by atoms with Crippen molar-refractivity contribution < 1.29 is 17.7 Å². The Morgan fingerprint density at radius 2 is 2.04 bits per heavy atom. The summed E-state index contributed by atoms with van der Waals surface area (Å²) in [5.41, 5.74) is -0.875. The van der Waals surface area contributed by atoms with Gasteiger partial charge in [-0.05, 0) is 19.2 Å². The maximum absolute atomic E-state index is 13.0. The third-order valence-corrected chi connectivity index (χ3v) is 3.71. The Balaban J connectivity index is 0.00000192. The number of alkyl halides is 3. The summed E-state index contributed by atoms with van der Waals surface area (Å²) in [6.07, 6.45) is -4.46. The molecule has 0 radical (unpaired) electrons. The first-order valence-electron chi connectivity index (χ1n) is 6.88. The van der Waals surface area contributed by atoms with Crippen LogP contribution in [0.2, 0.25) is 0 Å². The molecule has 1 unspecified atom stereocenters. The van der Waals surface area contributed by atoms with E-state index in [2.05, 4.69) is 15.5 Å². The van der Waals surface area contributed by atoms with Crippen molar-refractivity contribution in [2.75, 3.05) is 26.7 Å². The molecule has 1 N–H and O–H groups in total. The molecule has 126 valence electrons. The van der Waals surface area contributed by atoms with Crippen molar-refractivity contribution in [1.29, 1.82) is 0 Å². The van der Waals surface area contributed by atoms with Gasteiger partial charge in [0.2, 0.25) is 0 Å². The smallest absolute Gasteiger partial charge is 0.334 e. The molecular formula is C14H16ClF3N4O. The lowest BCUT2D eigenvalue weighted by molar-refractivity contribution is -0.137. The quantitative estimate of drug-likeness (QED) is 0.904. The van der Waals surface area contributed by atoms with Gasteiger partial charge in [-0.15, -0.1) is 12.4 Å². The molecule has 0 bridgehead atoms. The molecule has 2 aromatic rings. The van der Waals surface area contributed by atoms with Crippen LogP contribution in [0.25, 0.3) is 11.5 Å². The van der Waals surface area contributed by atoms with E-state index in [4.69, 9.17) is 4.52 Å². The van der Waals surface area contributed by atoms with E-state index < -0.39 is 11.7 Å². The zero-order valence-corrected chi connectivity index (χ0v) is 13.1. The van der Waals surface area contributed by atoms with E-state index >= 15 is 0 Å². The van der Waals surface area contributed by atoms with Gasteiger partial charge in [0.25, 0.3) is 5.89 Å². The number of hydrogen-bond acceptors (Lipinski definition) is 5. The van der Waals surface area contributed by atoms with Gasteiger partial charge < -0.3 is 9.84 Å². The molecule has 5 nitrogen and oxygen atoms in total. The fraction of sp³-hybridized carbons (Fsp3) is 0.429. The third kappa shape index (κ3) is 3.65. The molecule has 1 saturated heterocycles. The highest BCUT2D eigenvalue weighted by atomic mass is 35.5. The number of nitrogens with zero attached hydrogens (tertiary/aromatic N) is 3. The van der Waals surface area contributed by atoms with Gasteiger partial charge in [-0.3, -0.25) is 4.90 Å². The molecule has 23 heavy (non-hydrogen) atoms. The Bertz CT molecular complexity index is 661. The van der Waals surface area contributed by atoms with Crippen molar-refractivity contribution in [1.82, 2.24) is 20.4 Å². The SMILES string of the molecule is CN1CCNCC1c1noc(-c2ccccc2C(F)(F)F)n1.Cl. The molecule has 2 heterocycles. The van der Waals surface area contributed by atoms with Crippen LogP contribution < -0.4 is 5.32 Å². The summed E-state index contributed by atoms with van der Waals surface area (Å²) >= 11 is 0. The minimum atomic E-state index is -4.46. The van der Waals surface area contributed by atoms with E-state index in [-0.39, 0.29) is 29.9 Å². The largest absolute Gasteiger partial charge is 0.417 e. The number of halogens is 4. The van der Waals surface area contributed by atoms with Crippen LogP contribution in [0.1, 0.15) is 17.4 Å². The van der Waals surface area contributed by atoms with E-state index in [1.54, 1.807) is 0 Å². The van der Waals surface area contributed by atoms with Crippen LogP contribution in [0, 0.1) is 0 Å². The fourth-order valence-corrected chi connectivity index (χ4v) is 2.49. The molecule has 1 aliphatic heterocycles. The van der Waals surface area contributed by atoms with Crippen LogP contribution >= 0.6 is 12.4 Å². The molecule has 0 saturated carbocycles. The minimum Gasteiger partial charge on any atom is -0.334 e. The number of likely N-dealkylation sites (N-methyl/N-ethyl adjacent to an activating group) is 1. The topological polar surface area (TPSA) is 54.2 Å². The average Bonchev–Trinajstić information content (AvgIpc) is 2.96. The first-order valence-corrected chi connectivity index (χ1v) is 6.88. The van der Waals surface area contributed by atoms with Gasteiger partial charge >= 0.3 is 6.18 Å². The number of benzene rings is 1. The Morgan fingerprint density at radius 3 is 2.74 bits per heavy atom. The standard InChI is InChI=1S/C14H15F3N4O.ClH/c1-21-7-6-18-8-11(21)12-19-13(22-20-12)9-4-2-3-5-10(9)14(15,16)17;/h2-5,11,18H,6-8H2,1H3;1H. The van der Waals surface area contributed by atoms with Crippen LogP contribution in [-0.2, 0) is 6.18 Å². The highest BCUT2D eigenvalue weighted by molar-refractivity contribution is 5.85. The number of nitrogens with one attached hydrogen (secondary N) is 1. The zero-order valence-electron chi connectivity index (χ0n) is 12.3. The summed E-state index contributed by atoms with van der Waals surface area (Å²) in [5.74, 6) is 0.281. The number of hydrogen-bond donors (Lipinski definition) is 1. The minimum absolute atomic E-state index is 0. The second-order valence-corrected chi connectivity index (χ2v) is 5.20. The maximum Gasteiger partial charge on any atom is 0.417 e. The normalized spacial score (nSPS) is 19.4. The van der Waals surface area contributed by atoms with Crippen molar-refractivity contribution >= 4 is 12.4 Å². The molecular weight excluding hydrogens is 333 g/mol.